The van der Waals surface area contributed by atoms with E-state index in [2.05, 4.69) is 15.5 Å². The van der Waals surface area contributed by atoms with Crippen molar-refractivity contribution in [1.29, 1.82) is 0 Å². The lowest BCUT2D eigenvalue weighted by Gasteiger charge is -2.08. The molecule has 0 radical (unpaired) electrons. The van der Waals surface area contributed by atoms with Crippen molar-refractivity contribution in [1.82, 2.24) is 15.5 Å². The summed E-state index contributed by atoms with van der Waals surface area (Å²) in [6.45, 7) is 0.282. The molecule has 2 aromatic heterocycles. The summed E-state index contributed by atoms with van der Waals surface area (Å²) < 4.78 is 10.7. The molecule has 6 heteroatoms. The Morgan fingerprint density at radius 1 is 1.17 bits per heavy atom. The van der Waals surface area contributed by atoms with Gasteiger partial charge in [-0.2, -0.15) is 0 Å². The van der Waals surface area contributed by atoms with Gasteiger partial charge in [0.05, 0.1) is 17.9 Å². The largest absolute Gasteiger partial charge is 0.444 e. The Hall–Kier alpha value is -2.89. The average molecular weight is 323 g/mol. The van der Waals surface area contributed by atoms with Gasteiger partial charge in [-0.25, -0.2) is 4.98 Å². The number of carbonyl (C=O) groups excluding carboxylic acids is 1. The molecule has 0 atom stereocenters. The zero-order valence-electron chi connectivity index (χ0n) is 13.1. The molecule has 1 aliphatic carbocycles. The van der Waals surface area contributed by atoms with Crippen molar-refractivity contribution < 1.29 is 13.7 Å². The Morgan fingerprint density at radius 3 is 2.88 bits per heavy atom. The van der Waals surface area contributed by atoms with Crippen molar-refractivity contribution in [3.8, 4) is 11.5 Å². The normalized spacial score (nSPS) is 13.5. The van der Waals surface area contributed by atoms with Crippen LogP contribution in [-0.4, -0.2) is 16.0 Å². The van der Waals surface area contributed by atoms with E-state index >= 15 is 0 Å². The van der Waals surface area contributed by atoms with E-state index in [1.165, 1.54) is 0 Å². The highest BCUT2D eigenvalue weighted by atomic mass is 16.5. The molecule has 1 aromatic carbocycles. The zero-order valence-corrected chi connectivity index (χ0v) is 13.1. The number of hydrogen-bond donors (Lipinski definition) is 1. The minimum atomic E-state index is -0.255. The first kappa shape index (κ1) is 14.7. The minimum absolute atomic E-state index is 0.255. The van der Waals surface area contributed by atoms with Crippen molar-refractivity contribution in [3.63, 3.8) is 0 Å². The fourth-order valence-electron chi connectivity index (χ4n) is 2.92. The average Bonchev–Trinajstić information content (AvgIpc) is 3.27. The van der Waals surface area contributed by atoms with Crippen LogP contribution in [0.1, 0.15) is 40.3 Å². The fraction of sp³-hybridized carbons (Fsp3) is 0.278. The molecule has 0 saturated heterocycles. The summed E-state index contributed by atoms with van der Waals surface area (Å²) in [4.78, 5) is 16.7. The van der Waals surface area contributed by atoms with E-state index in [0.29, 0.717) is 17.3 Å². The monoisotopic (exact) mass is 323 g/mol. The van der Waals surface area contributed by atoms with Gasteiger partial charge in [-0.05, 0) is 37.8 Å². The van der Waals surface area contributed by atoms with Gasteiger partial charge in [-0.15, -0.1) is 0 Å². The molecule has 1 aliphatic rings. The Labute approximate surface area is 138 Å². The van der Waals surface area contributed by atoms with Crippen LogP contribution >= 0.6 is 0 Å². The second-order valence-corrected chi connectivity index (χ2v) is 5.84. The summed E-state index contributed by atoms with van der Waals surface area (Å²) in [5.41, 5.74) is 3.43. The molecule has 0 unspecified atom stereocenters. The second kappa shape index (κ2) is 6.31. The van der Waals surface area contributed by atoms with Crippen LogP contribution in [0.2, 0.25) is 0 Å². The molecule has 6 nitrogen and oxygen atoms in total. The van der Waals surface area contributed by atoms with Crippen LogP contribution in [0, 0.1) is 0 Å². The lowest BCUT2D eigenvalue weighted by molar-refractivity contribution is 0.0912. The van der Waals surface area contributed by atoms with Gasteiger partial charge in [-0.1, -0.05) is 23.4 Å². The van der Waals surface area contributed by atoms with Crippen molar-refractivity contribution >= 4 is 5.91 Å². The Bertz CT molecular complexity index is 852. The van der Waals surface area contributed by atoms with Crippen LogP contribution in [0.3, 0.4) is 0 Å². The Morgan fingerprint density at radius 2 is 2.00 bits per heavy atom. The van der Waals surface area contributed by atoms with Crippen molar-refractivity contribution in [3.05, 3.63) is 59.3 Å². The number of carbonyl (C=O) groups is 1. The molecule has 0 spiro atoms. The van der Waals surface area contributed by atoms with Crippen molar-refractivity contribution in [2.45, 2.75) is 32.2 Å². The number of aromatic nitrogens is 2. The number of fused-ring (bicyclic) bond motifs is 1. The van der Waals surface area contributed by atoms with E-state index in [0.717, 1.165) is 42.5 Å². The van der Waals surface area contributed by atoms with Gasteiger partial charge in [0.25, 0.3) is 5.91 Å². The number of benzene rings is 1. The first-order valence-electron chi connectivity index (χ1n) is 8.07. The highest BCUT2D eigenvalue weighted by Gasteiger charge is 2.24. The predicted octanol–water partition coefficient (Wildman–Crippen LogP) is 3.14. The van der Waals surface area contributed by atoms with Gasteiger partial charge in [0, 0.05) is 11.1 Å². The summed E-state index contributed by atoms with van der Waals surface area (Å²) in [7, 11) is 0. The molecule has 1 N–H and O–H groups in total. The summed E-state index contributed by atoms with van der Waals surface area (Å²) in [6.07, 6.45) is 5.46. The van der Waals surface area contributed by atoms with Gasteiger partial charge >= 0.3 is 0 Å². The standard InChI is InChI=1S/C18H17N3O3/c22-17(16-14-8-4-5-9-15(14)21-24-16)19-10-13-11-23-18(20-13)12-6-2-1-3-7-12/h1-3,6-7,11H,4-5,8-10H2,(H,19,22). The smallest absolute Gasteiger partial charge is 0.290 e. The van der Waals surface area contributed by atoms with E-state index in [-0.39, 0.29) is 12.5 Å². The molecule has 4 rings (SSSR count). The highest BCUT2D eigenvalue weighted by molar-refractivity contribution is 5.93. The predicted molar refractivity (Wildman–Crippen MR) is 86.3 cm³/mol. The second-order valence-electron chi connectivity index (χ2n) is 5.84. The number of hydrogen-bond acceptors (Lipinski definition) is 5. The maximum Gasteiger partial charge on any atom is 0.290 e. The van der Waals surface area contributed by atoms with Gasteiger partial charge < -0.3 is 14.3 Å². The third-order valence-electron chi connectivity index (χ3n) is 4.17. The zero-order chi connectivity index (χ0) is 16.4. The Balaban J connectivity index is 1.43. The number of nitrogens with one attached hydrogen (secondary N) is 1. The first-order chi connectivity index (χ1) is 11.8. The topological polar surface area (TPSA) is 81.2 Å². The van der Waals surface area contributed by atoms with Crippen LogP contribution in [0.4, 0.5) is 0 Å². The van der Waals surface area contributed by atoms with Crippen molar-refractivity contribution in [2.24, 2.45) is 0 Å². The van der Waals surface area contributed by atoms with Gasteiger partial charge in [0.1, 0.15) is 6.26 Å². The summed E-state index contributed by atoms with van der Waals surface area (Å²) in [6, 6.07) is 9.64. The molecular weight excluding hydrogens is 306 g/mol. The molecule has 122 valence electrons. The molecular formula is C18H17N3O3. The van der Waals surface area contributed by atoms with Gasteiger partial charge in [0.2, 0.25) is 11.7 Å². The third kappa shape index (κ3) is 2.82. The number of aryl methyl sites for hydroxylation is 1. The summed E-state index contributed by atoms with van der Waals surface area (Å²) in [5.74, 6) is 0.614. The quantitative estimate of drug-likeness (QED) is 0.797. The van der Waals surface area contributed by atoms with Crippen molar-refractivity contribution in [2.75, 3.05) is 0 Å². The summed E-state index contributed by atoms with van der Waals surface area (Å²) >= 11 is 0. The van der Waals surface area contributed by atoms with Gasteiger partial charge in [-0.3, -0.25) is 4.79 Å². The maximum atomic E-state index is 12.3. The lowest BCUT2D eigenvalue weighted by Crippen LogP contribution is -2.24. The SMILES string of the molecule is O=C(NCc1coc(-c2ccccc2)n1)c1onc2c1CCCC2. The molecule has 0 aliphatic heterocycles. The summed E-state index contributed by atoms with van der Waals surface area (Å²) in [5, 5.41) is 6.83. The van der Waals surface area contributed by atoms with Crippen LogP contribution in [-0.2, 0) is 19.4 Å². The first-order valence-corrected chi connectivity index (χ1v) is 8.07. The highest BCUT2D eigenvalue weighted by Crippen LogP contribution is 2.24. The lowest BCUT2D eigenvalue weighted by atomic mass is 9.96. The molecule has 3 aromatic rings. The number of oxazole rings is 1. The number of rotatable bonds is 4. The van der Waals surface area contributed by atoms with E-state index in [1.54, 1.807) is 6.26 Å². The molecule has 0 bridgehead atoms. The molecule has 24 heavy (non-hydrogen) atoms. The maximum absolute atomic E-state index is 12.3. The molecule has 1 amide bonds. The van der Waals surface area contributed by atoms with E-state index < -0.39 is 0 Å². The third-order valence-corrected chi connectivity index (χ3v) is 4.17. The molecule has 0 fully saturated rings. The number of nitrogens with zero attached hydrogens (tertiary/aromatic N) is 2. The van der Waals surface area contributed by atoms with Crippen LogP contribution < -0.4 is 5.32 Å². The van der Waals surface area contributed by atoms with E-state index in [1.807, 2.05) is 30.3 Å². The minimum Gasteiger partial charge on any atom is -0.444 e. The van der Waals surface area contributed by atoms with Gasteiger partial charge in [0.15, 0.2) is 0 Å². The van der Waals surface area contributed by atoms with Crippen LogP contribution in [0.15, 0.2) is 45.5 Å². The number of amides is 1. The van der Waals surface area contributed by atoms with Crippen LogP contribution in [0.25, 0.3) is 11.5 Å². The Kier molecular flexibility index (Phi) is 3.86. The molecule has 0 saturated carbocycles. The van der Waals surface area contributed by atoms with Crippen LogP contribution in [0.5, 0.6) is 0 Å². The molecule has 2 heterocycles. The van der Waals surface area contributed by atoms with E-state index in [9.17, 15) is 4.79 Å². The van der Waals surface area contributed by atoms with E-state index in [4.69, 9.17) is 8.94 Å². The fourth-order valence-corrected chi connectivity index (χ4v) is 2.92.